The normalized spacial score (nSPS) is 24.4. The van der Waals surface area contributed by atoms with Crippen LogP contribution in [0.5, 0.6) is 0 Å². The van der Waals surface area contributed by atoms with Gasteiger partial charge in [0.25, 0.3) is 0 Å². The van der Waals surface area contributed by atoms with E-state index in [1.807, 2.05) is 6.08 Å². The lowest BCUT2D eigenvalue weighted by molar-refractivity contribution is 0.134. The van der Waals surface area contributed by atoms with Crippen molar-refractivity contribution in [2.75, 3.05) is 53.1 Å². The molecular weight excluding hydrogens is 216 g/mol. The van der Waals surface area contributed by atoms with Crippen molar-refractivity contribution < 1.29 is 9.47 Å². The second-order valence-corrected chi connectivity index (χ2v) is 4.50. The van der Waals surface area contributed by atoms with Crippen LogP contribution in [0.2, 0.25) is 0 Å². The molecule has 17 heavy (non-hydrogen) atoms. The Kier molecular flexibility index (Phi) is 7.44. The van der Waals surface area contributed by atoms with Crippen LogP contribution >= 0.6 is 0 Å². The smallest absolute Gasteiger partial charge is 0.0623 e. The number of nitrogens with zero attached hydrogens (tertiary/aromatic N) is 1. The summed E-state index contributed by atoms with van der Waals surface area (Å²) in [5, 5.41) is 3.49. The topological polar surface area (TPSA) is 33.7 Å². The highest BCUT2D eigenvalue weighted by Crippen LogP contribution is 2.15. The molecule has 1 aliphatic rings. The van der Waals surface area contributed by atoms with E-state index in [9.17, 15) is 0 Å². The van der Waals surface area contributed by atoms with Crippen LogP contribution in [-0.2, 0) is 9.47 Å². The fourth-order valence-electron chi connectivity index (χ4n) is 2.26. The zero-order valence-electron chi connectivity index (χ0n) is 11.2. The summed E-state index contributed by atoms with van der Waals surface area (Å²) in [5.74, 6) is 0.576. The molecule has 0 aromatic rings. The Morgan fingerprint density at radius 2 is 2.35 bits per heavy atom. The Bertz CT molecular complexity index is 212. The molecule has 0 radical (unpaired) electrons. The quantitative estimate of drug-likeness (QED) is 0.605. The van der Waals surface area contributed by atoms with E-state index in [4.69, 9.17) is 9.47 Å². The molecule has 0 spiro atoms. The lowest BCUT2D eigenvalue weighted by Crippen LogP contribution is -2.42. The SMILES string of the molecule is C=CCN(CCOC)CC1COCC1NCC. The third-order valence-corrected chi connectivity index (χ3v) is 3.16. The monoisotopic (exact) mass is 242 g/mol. The maximum Gasteiger partial charge on any atom is 0.0623 e. The van der Waals surface area contributed by atoms with Crippen molar-refractivity contribution in [1.29, 1.82) is 0 Å². The van der Waals surface area contributed by atoms with Crippen LogP contribution in [-0.4, -0.2) is 64.1 Å². The van der Waals surface area contributed by atoms with Crippen molar-refractivity contribution in [2.24, 2.45) is 5.92 Å². The summed E-state index contributed by atoms with van der Waals surface area (Å²) in [4.78, 5) is 2.38. The van der Waals surface area contributed by atoms with E-state index in [-0.39, 0.29) is 0 Å². The van der Waals surface area contributed by atoms with Gasteiger partial charge >= 0.3 is 0 Å². The fraction of sp³-hybridized carbons (Fsp3) is 0.846. The molecule has 0 amide bonds. The van der Waals surface area contributed by atoms with Gasteiger partial charge in [0.05, 0.1) is 19.8 Å². The van der Waals surface area contributed by atoms with Gasteiger partial charge in [-0.15, -0.1) is 6.58 Å². The fourth-order valence-corrected chi connectivity index (χ4v) is 2.26. The van der Waals surface area contributed by atoms with Gasteiger partial charge in [0.1, 0.15) is 0 Å². The molecule has 0 bridgehead atoms. The Morgan fingerprint density at radius 3 is 3.00 bits per heavy atom. The first-order valence-electron chi connectivity index (χ1n) is 6.45. The van der Waals surface area contributed by atoms with Gasteiger partial charge in [0, 0.05) is 38.7 Å². The molecular formula is C13H26N2O2. The minimum atomic E-state index is 0.495. The first kappa shape index (κ1) is 14.6. The number of rotatable bonds is 9. The summed E-state index contributed by atoms with van der Waals surface area (Å²) in [6.45, 7) is 12.3. The summed E-state index contributed by atoms with van der Waals surface area (Å²) in [5.41, 5.74) is 0. The van der Waals surface area contributed by atoms with Gasteiger partial charge in [-0.2, -0.15) is 0 Å². The summed E-state index contributed by atoms with van der Waals surface area (Å²) >= 11 is 0. The molecule has 1 rings (SSSR count). The van der Waals surface area contributed by atoms with E-state index in [0.717, 1.165) is 46.0 Å². The number of nitrogens with one attached hydrogen (secondary N) is 1. The van der Waals surface area contributed by atoms with Crippen LogP contribution in [0.1, 0.15) is 6.92 Å². The lowest BCUT2D eigenvalue weighted by atomic mass is 10.0. The minimum Gasteiger partial charge on any atom is -0.383 e. The Hall–Kier alpha value is -0.420. The van der Waals surface area contributed by atoms with Gasteiger partial charge in [0.15, 0.2) is 0 Å². The van der Waals surface area contributed by atoms with E-state index in [1.165, 1.54) is 0 Å². The number of ether oxygens (including phenoxy) is 2. The average molecular weight is 242 g/mol. The second kappa shape index (κ2) is 8.64. The van der Waals surface area contributed by atoms with Crippen LogP contribution in [0.4, 0.5) is 0 Å². The van der Waals surface area contributed by atoms with E-state index < -0.39 is 0 Å². The van der Waals surface area contributed by atoms with Gasteiger partial charge < -0.3 is 14.8 Å². The first-order chi connectivity index (χ1) is 8.31. The highest BCUT2D eigenvalue weighted by atomic mass is 16.5. The molecule has 1 heterocycles. The Morgan fingerprint density at radius 1 is 1.53 bits per heavy atom. The molecule has 2 unspecified atom stereocenters. The predicted molar refractivity (Wildman–Crippen MR) is 70.3 cm³/mol. The van der Waals surface area contributed by atoms with Crippen molar-refractivity contribution in [2.45, 2.75) is 13.0 Å². The zero-order valence-corrected chi connectivity index (χ0v) is 11.2. The summed E-state index contributed by atoms with van der Waals surface area (Å²) in [7, 11) is 1.74. The third kappa shape index (κ3) is 5.17. The van der Waals surface area contributed by atoms with Crippen LogP contribution in [0.3, 0.4) is 0 Å². The molecule has 4 heteroatoms. The maximum atomic E-state index is 5.56. The van der Waals surface area contributed by atoms with Crippen molar-refractivity contribution in [3.8, 4) is 0 Å². The molecule has 100 valence electrons. The molecule has 0 saturated carbocycles. The summed E-state index contributed by atoms with van der Waals surface area (Å²) in [6.07, 6.45) is 1.95. The highest BCUT2D eigenvalue weighted by Gasteiger charge is 2.28. The van der Waals surface area contributed by atoms with Gasteiger partial charge in [-0.3, -0.25) is 4.90 Å². The minimum absolute atomic E-state index is 0.495. The number of hydrogen-bond donors (Lipinski definition) is 1. The molecule has 1 N–H and O–H groups in total. The molecule has 1 fully saturated rings. The molecule has 0 aliphatic carbocycles. The van der Waals surface area contributed by atoms with E-state index in [1.54, 1.807) is 7.11 Å². The molecule has 0 aromatic heterocycles. The molecule has 1 saturated heterocycles. The predicted octanol–water partition coefficient (Wildman–Crippen LogP) is 0.745. The standard InChI is InChI=1S/C13H26N2O2/c1-4-6-15(7-8-16-3)9-12-10-17-11-13(12)14-5-2/h4,12-14H,1,5-11H2,2-3H3. The van der Waals surface area contributed by atoms with Crippen molar-refractivity contribution in [3.63, 3.8) is 0 Å². The Balaban J connectivity index is 2.38. The number of likely N-dealkylation sites (N-methyl/N-ethyl adjacent to an activating group) is 1. The average Bonchev–Trinajstić information content (AvgIpc) is 2.74. The van der Waals surface area contributed by atoms with Gasteiger partial charge in [-0.1, -0.05) is 13.0 Å². The Labute approximate surface area is 105 Å². The van der Waals surface area contributed by atoms with Crippen LogP contribution in [0, 0.1) is 5.92 Å². The van der Waals surface area contributed by atoms with E-state index >= 15 is 0 Å². The van der Waals surface area contributed by atoms with Crippen molar-refractivity contribution in [3.05, 3.63) is 12.7 Å². The van der Waals surface area contributed by atoms with Gasteiger partial charge in [-0.05, 0) is 6.54 Å². The van der Waals surface area contributed by atoms with E-state index in [2.05, 4.69) is 23.7 Å². The van der Waals surface area contributed by atoms with Gasteiger partial charge in [-0.25, -0.2) is 0 Å². The van der Waals surface area contributed by atoms with Crippen molar-refractivity contribution in [1.82, 2.24) is 10.2 Å². The molecule has 1 aliphatic heterocycles. The van der Waals surface area contributed by atoms with Crippen LogP contribution < -0.4 is 5.32 Å². The molecule has 0 aromatic carbocycles. The van der Waals surface area contributed by atoms with Gasteiger partial charge in [0.2, 0.25) is 0 Å². The van der Waals surface area contributed by atoms with Crippen molar-refractivity contribution >= 4 is 0 Å². The van der Waals surface area contributed by atoms with E-state index in [0.29, 0.717) is 12.0 Å². The molecule has 4 nitrogen and oxygen atoms in total. The number of methoxy groups -OCH3 is 1. The highest BCUT2D eigenvalue weighted by molar-refractivity contribution is 4.85. The van der Waals surface area contributed by atoms with Crippen LogP contribution in [0.25, 0.3) is 0 Å². The maximum absolute atomic E-state index is 5.56. The third-order valence-electron chi connectivity index (χ3n) is 3.16. The first-order valence-corrected chi connectivity index (χ1v) is 6.45. The summed E-state index contributed by atoms with van der Waals surface area (Å²) < 4.78 is 10.7. The molecule has 2 atom stereocenters. The lowest BCUT2D eigenvalue weighted by Gasteiger charge is -2.26. The largest absolute Gasteiger partial charge is 0.383 e. The second-order valence-electron chi connectivity index (χ2n) is 4.50. The number of hydrogen-bond acceptors (Lipinski definition) is 4. The van der Waals surface area contributed by atoms with Crippen LogP contribution in [0.15, 0.2) is 12.7 Å². The zero-order chi connectivity index (χ0) is 12.5. The summed E-state index contributed by atoms with van der Waals surface area (Å²) in [6, 6.07) is 0.495.